The van der Waals surface area contributed by atoms with Crippen molar-refractivity contribution >= 4 is 27.4 Å². The van der Waals surface area contributed by atoms with Crippen LogP contribution in [0, 0.1) is 5.92 Å². The molecule has 1 aliphatic carbocycles. The maximum Gasteiger partial charge on any atom is 0.337 e. The molecule has 0 aromatic heterocycles. The molecule has 3 aromatic carbocycles. The summed E-state index contributed by atoms with van der Waals surface area (Å²) in [6, 6.07) is 21.6. The summed E-state index contributed by atoms with van der Waals surface area (Å²) in [6.07, 6.45) is 5.21. The minimum atomic E-state index is -3.70. The van der Waals surface area contributed by atoms with E-state index in [0.29, 0.717) is 11.3 Å². The third-order valence-electron chi connectivity index (χ3n) is 6.36. The highest BCUT2D eigenvalue weighted by Gasteiger charge is 2.38. The standard InChI is InChI=1S/C26H24N2O4S/c1-32-26(29)18-12-10-17(11-13-18)25-22-9-5-8-21(22)23-16-20(14-15-24(23)27-25)33(30,31)28-19-6-3-2-4-7-19/h2-8,10-16,21-22,25,27-28H,9H2,1H3/t21-,22+,25+/m0/s1. The highest BCUT2D eigenvalue weighted by molar-refractivity contribution is 7.92. The Morgan fingerprint density at radius 2 is 1.79 bits per heavy atom. The van der Waals surface area contributed by atoms with Crippen LogP contribution >= 0.6 is 0 Å². The van der Waals surface area contributed by atoms with Crippen LogP contribution in [0.2, 0.25) is 0 Å². The molecule has 168 valence electrons. The van der Waals surface area contributed by atoms with Crippen molar-refractivity contribution in [1.82, 2.24) is 0 Å². The molecule has 7 heteroatoms. The number of esters is 1. The van der Waals surface area contributed by atoms with E-state index in [1.165, 1.54) is 7.11 Å². The van der Waals surface area contributed by atoms with E-state index in [1.54, 1.807) is 48.5 Å². The monoisotopic (exact) mass is 460 g/mol. The molecule has 3 atom stereocenters. The van der Waals surface area contributed by atoms with E-state index in [0.717, 1.165) is 23.2 Å². The van der Waals surface area contributed by atoms with Crippen LogP contribution in [-0.4, -0.2) is 21.5 Å². The van der Waals surface area contributed by atoms with Crippen LogP contribution in [0.1, 0.15) is 39.9 Å². The van der Waals surface area contributed by atoms with Gasteiger partial charge in [0.25, 0.3) is 10.0 Å². The first-order chi connectivity index (χ1) is 16.0. The number of carbonyl (C=O) groups is 1. The number of para-hydroxylation sites is 1. The average Bonchev–Trinajstić information content (AvgIpc) is 3.33. The number of benzene rings is 3. The van der Waals surface area contributed by atoms with E-state index in [9.17, 15) is 13.2 Å². The van der Waals surface area contributed by atoms with E-state index in [-0.39, 0.29) is 28.7 Å². The number of hydrogen-bond donors (Lipinski definition) is 2. The van der Waals surface area contributed by atoms with Crippen molar-refractivity contribution < 1.29 is 17.9 Å². The van der Waals surface area contributed by atoms with E-state index in [1.807, 2.05) is 24.3 Å². The van der Waals surface area contributed by atoms with E-state index in [4.69, 9.17) is 4.74 Å². The molecular weight excluding hydrogens is 436 g/mol. The lowest BCUT2D eigenvalue weighted by Crippen LogP contribution is -2.29. The summed E-state index contributed by atoms with van der Waals surface area (Å²) in [7, 11) is -2.33. The summed E-state index contributed by atoms with van der Waals surface area (Å²) in [5, 5.41) is 3.60. The SMILES string of the molecule is COC(=O)c1ccc([C@H]2Nc3ccc(S(=O)(=O)Nc4ccccc4)cc3[C@H]3C=CC[C@H]32)cc1. The van der Waals surface area contributed by atoms with E-state index >= 15 is 0 Å². The molecule has 0 saturated heterocycles. The Balaban J connectivity index is 1.45. The predicted molar refractivity (Wildman–Crippen MR) is 128 cm³/mol. The first-order valence-electron chi connectivity index (χ1n) is 10.8. The second-order valence-corrected chi connectivity index (χ2v) is 9.99. The number of fused-ring (bicyclic) bond motifs is 3. The highest BCUT2D eigenvalue weighted by Crippen LogP contribution is 2.50. The molecule has 6 nitrogen and oxygen atoms in total. The van der Waals surface area contributed by atoms with E-state index in [2.05, 4.69) is 22.2 Å². The number of anilines is 2. The fraction of sp³-hybridized carbons (Fsp3) is 0.192. The first kappa shape index (κ1) is 21.3. The minimum absolute atomic E-state index is 0.0501. The van der Waals surface area contributed by atoms with Gasteiger partial charge in [0.15, 0.2) is 0 Å². The van der Waals surface area contributed by atoms with Crippen LogP contribution in [-0.2, 0) is 14.8 Å². The highest BCUT2D eigenvalue weighted by atomic mass is 32.2. The predicted octanol–water partition coefficient (Wildman–Crippen LogP) is 5.10. The topological polar surface area (TPSA) is 84.5 Å². The van der Waals surface area contributed by atoms with Crippen LogP contribution in [0.3, 0.4) is 0 Å². The van der Waals surface area contributed by atoms with Gasteiger partial charge >= 0.3 is 5.97 Å². The van der Waals surface area contributed by atoms with Gasteiger partial charge in [-0.15, -0.1) is 0 Å². The molecule has 3 aromatic rings. The molecule has 5 rings (SSSR count). The van der Waals surface area contributed by atoms with Gasteiger partial charge in [0, 0.05) is 17.3 Å². The number of carbonyl (C=O) groups excluding carboxylic acids is 1. The average molecular weight is 461 g/mol. The smallest absolute Gasteiger partial charge is 0.337 e. The number of nitrogens with one attached hydrogen (secondary N) is 2. The summed E-state index contributed by atoms with van der Waals surface area (Å²) < 4.78 is 33.4. The van der Waals surface area contributed by atoms with Gasteiger partial charge < -0.3 is 10.1 Å². The zero-order valence-electron chi connectivity index (χ0n) is 18.1. The van der Waals surface area contributed by atoms with Crippen LogP contribution in [0.25, 0.3) is 0 Å². The van der Waals surface area contributed by atoms with Crippen LogP contribution in [0.5, 0.6) is 0 Å². The summed E-state index contributed by atoms with van der Waals surface area (Å²) in [4.78, 5) is 12.0. The fourth-order valence-corrected chi connectivity index (χ4v) is 5.83. The zero-order chi connectivity index (χ0) is 23.0. The molecule has 0 unspecified atom stereocenters. The number of ether oxygens (including phenoxy) is 1. The lowest BCUT2D eigenvalue weighted by molar-refractivity contribution is 0.0600. The number of methoxy groups -OCH3 is 1. The Hall–Kier alpha value is -3.58. The molecule has 0 spiro atoms. The second kappa shape index (κ2) is 8.41. The lowest BCUT2D eigenvalue weighted by Gasteiger charge is -2.37. The van der Waals surface area contributed by atoms with Gasteiger partial charge in [-0.3, -0.25) is 4.72 Å². The zero-order valence-corrected chi connectivity index (χ0v) is 18.9. The Morgan fingerprint density at radius 1 is 1.03 bits per heavy atom. The maximum atomic E-state index is 13.0. The molecule has 1 aliphatic heterocycles. The van der Waals surface area contributed by atoms with Crippen molar-refractivity contribution in [1.29, 1.82) is 0 Å². The Morgan fingerprint density at radius 3 is 2.52 bits per heavy atom. The molecule has 0 fully saturated rings. The van der Waals surface area contributed by atoms with Crippen molar-refractivity contribution in [3.63, 3.8) is 0 Å². The number of allylic oxidation sites excluding steroid dienone is 2. The quantitative estimate of drug-likeness (QED) is 0.409. The van der Waals surface area contributed by atoms with Crippen molar-refractivity contribution in [3.8, 4) is 0 Å². The summed E-state index contributed by atoms with van der Waals surface area (Å²) >= 11 is 0. The number of sulfonamides is 1. The van der Waals surface area contributed by atoms with Gasteiger partial charge in [0.1, 0.15) is 0 Å². The summed E-state index contributed by atoms with van der Waals surface area (Å²) in [5.74, 6) is 0.00156. The Labute approximate surface area is 193 Å². The first-order valence-corrected chi connectivity index (χ1v) is 12.3. The minimum Gasteiger partial charge on any atom is -0.465 e. The molecule has 0 bridgehead atoms. The molecule has 2 aliphatic rings. The van der Waals surface area contributed by atoms with E-state index < -0.39 is 10.0 Å². The molecule has 0 amide bonds. The Bertz CT molecular complexity index is 1320. The normalized spacial score (nSPS) is 20.9. The van der Waals surface area contributed by atoms with Gasteiger partial charge in [-0.1, -0.05) is 42.5 Å². The number of rotatable bonds is 5. The van der Waals surface area contributed by atoms with Gasteiger partial charge in [-0.2, -0.15) is 0 Å². The summed E-state index contributed by atoms with van der Waals surface area (Å²) in [6.45, 7) is 0. The molecular formula is C26H24N2O4S. The van der Waals surface area contributed by atoms with Crippen LogP contribution < -0.4 is 10.0 Å². The van der Waals surface area contributed by atoms with Crippen molar-refractivity contribution in [2.75, 3.05) is 17.1 Å². The third-order valence-corrected chi connectivity index (χ3v) is 7.74. The van der Waals surface area contributed by atoms with Gasteiger partial charge in [0.05, 0.1) is 23.6 Å². The molecule has 1 heterocycles. The van der Waals surface area contributed by atoms with Crippen molar-refractivity contribution in [3.05, 3.63) is 102 Å². The fourth-order valence-electron chi connectivity index (χ4n) is 4.73. The lowest BCUT2D eigenvalue weighted by atomic mass is 9.77. The van der Waals surface area contributed by atoms with Gasteiger partial charge in [0.2, 0.25) is 0 Å². The number of hydrogen-bond acceptors (Lipinski definition) is 5. The largest absolute Gasteiger partial charge is 0.465 e. The van der Waals surface area contributed by atoms with Crippen LogP contribution in [0.4, 0.5) is 11.4 Å². The van der Waals surface area contributed by atoms with Gasteiger partial charge in [-0.05, 0) is 65.9 Å². The maximum absolute atomic E-state index is 13.0. The molecule has 2 N–H and O–H groups in total. The molecule has 33 heavy (non-hydrogen) atoms. The Kier molecular flexibility index (Phi) is 5.42. The third kappa shape index (κ3) is 4.00. The molecule has 0 radical (unpaired) electrons. The molecule has 0 saturated carbocycles. The van der Waals surface area contributed by atoms with Crippen molar-refractivity contribution in [2.45, 2.75) is 23.3 Å². The van der Waals surface area contributed by atoms with Crippen LogP contribution in [0.15, 0.2) is 89.8 Å². The summed E-state index contributed by atoms with van der Waals surface area (Å²) in [5.41, 5.74) is 4.02. The van der Waals surface area contributed by atoms with Gasteiger partial charge in [-0.25, -0.2) is 13.2 Å². The second-order valence-electron chi connectivity index (χ2n) is 8.31. The van der Waals surface area contributed by atoms with Crippen molar-refractivity contribution in [2.24, 2.45) is 5.92 Å².